The van der Waals surface area contributed by atoms with Crippen molar-refractivity contribution in [3.63, 3.8) is 0 Å². The van der Waals surface area contributed by atoms with Crippen LogP contribution in [0.15, 0.2) is 47.4 Å². The number of thioether (sulfide) groups is 1. The Morgan fingerprint density at radius 1 is 1.12 bits per heavy atom. The Bertz CT molecular complexity index is 771. The number of carbonyl (C=O) groups is 2. The fourth-order valence-electron chi connectivity index (χ4n) is 2.45. The van der Waals surface area contributed by atoms with Crippen molar-refractivity contribution in [1.82, 2.24) is 0 Å². The molecule has 5 heteroatoms. The van der Waals surface area contributed by atoms with Crippen molar-refractivity contribution >= 4 is 29.3 Å². The van der Waals surface area contributed by atoms with E-state index in [-0.39, 0.29) is 11.7 Å². The number of nitrogens with one attached hydrogen (secondary N) is 1. The van der Waals surface area contributed by atoms with E-state index in [1.54, 1.807) is 6.92 Å². The number of amides is 1. The van der Waals surface area contributed by atoms with Gasteiger partial charge in [-0.2, -0.15) is 0 Å². The zero-order valence-corrected chi connectivity index (χ0v) is 16.5. The first-order valence-electron chi connectivity index (χ1n) is 8.68. The highest BCUT2D eigenvalue weighted by molar-refractivity contribution is 8.00. The second-order valence-electron chi connectivity index (χ2n) is 6.23. The molecule has 1 N–H and O–H groups in total. The molecule has 2 aromatic carbocycles. The minimum atomic E-state index is -0.840. The van der Waals surface area contributed by atoms with Gasteiger partial charge in [-0.05, 0) is 56.5 Å². The quantitative estimate of drug-likeness (QED) is 0.574. The maximum atomic E-state index is 12.2. The monoisotopic (exact) mass is 371 g/mol. The molecule has 0 aliphatic heterocycles. The van der Waals surface area contributed by atoms with Crippen LogP contribution in [0, 0.1) is 13.8 Å². The van der Waals surface area contributed by atoms with Gasteiger partial charge in [0.15, 0.2) is 6.10 Å². The number of esters is 1. The van der Waals surface area contributed by atoms with Crippen molar-refractivity contribution < 1.29 is 14.3 Å². The molecule has 0 radical (unpaired) electrons. The second-order valence-corrected chi connectivity index (χ2v) is 7.25. The van der Waals surface area contributed by atoms with Crippen LogP contribution in [0.5, 0.6) is 0 Å². The number of rotatable bonds is 7. The van der Waals surface area contributed by atoms with Crippen molar-refractivity contribution in [2.75, 3.05) is 11.1 Å². The van der Waals surface area contributed by atoms with Gasteiger partial charge in [0.2, 0.25) is 0 Å². The summed E-state index contributed by atoms with van der Waals surface area (Å²) in [7, 11) is 0. The number of hydrogen-bond donors (Lipinski definition) is 1. The molecule has 2 rings (SSSR count). The van der Waals surface area contributed by atoms with E-state index in [1.807, 2.05) is 50.2 Å². The Morgan fingerprint density at radius 3 is 2.42 bits per heavy atom. The van der Waals surface area contributed by atoms with E-state index >= 15 is 0 Å². The third kappa shape index (κ3) is 5.92. The molecule has 0 saturated heterocycles. The number of aryl methyl sites for hydroxylation is 3. The first-order chi connectivity index (χ1) is 12.4. The van der Waals surface area contributed by atoms with E-state index < -0.39 is 12.1 Å². The number of ether oxygens (including phenoxy) is 1. The van der Waals surface area contributed by atoms with Gasteiger partial charge in [-0.3, -0.25) is 9.59 Å². The van der Waals surface area contributed by atoms with Gasteiger partial charge in [-0.1, -0.05) is 36.8 Å². The van der Waals surface area contributed by atoms with E-state index in [0.29, 0.717) is 5.69 Å². The fourth-order valence-corrected chi connectivity index (χ4v) is 3.24. The molecule has 0 aliphatic carbocycles. The summed E-state index contributed by atoms with van der Waals surface area (Å²) in [6.45, 7) is 7.70. The summed E-state index contributed by atoms with van der Waals surface area (Å²) in [6, 6.07) is 13.7. The van der Waals surface area contributed by atoms with Crippen molar-refractivity contribution in [2.45, 2.75) is 45.1 Å². The molecular weight excluding hydrogens is 346 g/mol. The first kappa shape index (κ1) is 20.0. The van der Waals surface area contributed by atoms with Crippen LogP contribution in [-0.4, -0.2) is 23.7 Å². The highest BCUT2D eigenvalue weighted by atomic mass is 32.2. The Labute approximate surface area is 159 Å². The molecule has 4 nitrogen and oxygen atoms in total. The summed E-state index contributed by atoms with van der Waals surface area (Å²) in [6.07, 6.45) is 0.105. The lowest BCUT2D eigenvalue weighted by Crippen LogP contribution is -2.30. The summed E-state index contributed by atoms with van der Waals surface area (Å²) in [5.41, 5.74) is 4.21. The second kappa shape index (κ2) is 9.43. The SMILES string of the molecule is CCc1ccc(NC(=O)[C@H](C)OC(=O)CSc2ccc(C)cc2C)cc1. The normalized spacial score (nSPS) is 11.7. The number of anilines is 1. The molecule has 0 unspecified atom stereocenters. The van der Waals surface area contributed by atoms with Crippen LogP contribution in [0.4, 0.5) is 5.69 Å². The summed E-state index contributed by atoms with van der Waals surface area (Å²) in [5.74, 6) is -0.565. The van der Waals surface area contributed by atoms with Crippen LogP contribution in [0.1, 0.15) is 30.5 Å². The molecule has 0 saturated carbocycles. The van der Waals surface area contributed by atoms with Gasteiger partial charge in [-0.25, -0.2) is 0 Å². The van der Waals surface area contributed by atoms with Gasteiger partial charge < -0.3 is 10.1 Å². The van der Waals surface area contributed by atoms with Gasteiger partial charge in [0.25, 0.3) is 5.91 Å². The molecule has 1 atom stereocenters. The smallest absolute Gasteiger partial charge is 0.317 e. The minimum Gasteiger partial charge on any atom is -0.452 e. The Hall–Kier alpha value is -2.27. The minimum absolute atomic E-state index is 0.173. The Kier molecular flexibility index (Phi) is 7.27. The largest absolute Gasteiger partial charge is 0.452 e. The van der Waals surface area contributed by atoms with Gasteiger partial charge in [0.05, 0.1) is 5.75 Å². The zero-order chi connectivity index (χ0) is 19.1. The molecule has 0 bridgehead atoms. The standard InChI is InChI=1S/C21H25NO3S/c1-5-17-7-9-18(10-8-17)22-21(24)16(4)25-20(23)13-26-19-11-6-14(2)12-15(19)3/h6-12,16H,5,13H2,1-4H3,(H,22,24)/t16-/m0/s1. The van der Waals surface area contributed by atoms with Crippen LogP contribution < -0.4 is 5.32 Å². The van der Waals surface area contributed by atoms with Crippen molar-refractivity contribution in [1.29, 1.82) is 0 Å². The van der Waals surface area contributed by atoms with Gasteiger partial charge in [-0.15, -0.1) is 11.8 Å². The molecule has 0 heterocycles. The maximum Gasteiger partial charge on any atom is 0.317 e. The van der Waals surface area contributed by atoms with Crippen LogP contribution in [0.3, 0.4) is 0 Å². The lowest BCUT2D eigenvalue weighted by atomic mass is 10.1. The number of carbonyl (C=O) groups excluding carboxylic acids is 2. The molecule has 26 heavy (non-hydrogen) atoms. The van der Waals surface area contributed by atoms with E-state index in [1.165, 1.54) is 22.9 Å². The zero-order valence-electron chi connectivity index (χ0n) is 15.7. The van der Waals surface area contributed by atoms with E-state index in [9.17, 15) is 9.59 Å². The van der Waals surface area contributed by atoms with E-state index in [0.717, 1.165) is 16.9 Å². The predicted molar refractivity (Wildman–Crippen MR) is 107 cm³/mol. The molecule has 0 aliphatic rings. The third-order valence-corrected chi connectivity index (χ3v) is 5.13. The third-order valence-electron chi connectivity index (χ3n) is 3.98. The molecule has 0 fully saturated rings. The van der Waals surface area contributed by atoms with Gasteiger partial charge in [0.1, 0.15) is 0 Å². The Balaban J connectivity index is 1.82. The fraction of sp³-hybridized carbons (Fsp3) is 0.333. The van der Waals surface area contributed by atoms with Crippen molar-refractivity contribution in [2.24, 2.45) is 0 Å². The molecular formula is C21H25NO3S. The maximum absolute atomic E-state index is 12.2. The summed E-state index contributed by atoms with van der Waals surface area (Å²) >= 11 is 1.42. The highest BCUT2D eigenvalue weighted by Crippen LogP contribution is 2.23. The molecule has 0 spiro atoms. The molecule has 138 valence electrons. The van der Waals surface area contributed by atoms with Crippen LogP contribution in [-0.2, 0) is 20.7 Å². The highest BCUT2D eigenvalue weighted by Gasteiger charge is 2.18. The summed E-state index contributed by atoms with van der Waals surface area (Å²) in [4.78, 5) is 25.2. The first-order valence-corrected chi connectivity index (χ1v) is 9.67. The lowest BCUT2D eigenvalue weighted by Gasteiger charge is -2.14. The average molecular weight is 372 g/mol. The van der Waals surface area contributed by atoms with Crippen LogP contribution >= 0.6 is 11.8 Å². The number of hydrogen-bond acceptors (Lipinski definition) is 4. The average Bonchev–Trinajstić information content (AvgIpc) is 2.61. The van der Waals surface area contributed by atoms with Crippen LogP contribution in [0.25, 0.3) is 0 Å². The van der Waals surface area contributed by atoms with E-state index in [2.05, 4.69) is 18.3 Å². The molecule has 1 amide bonds. The Morgan fingerprint density at radius 2 is 1.81 bits per heavy atom. The summed E-state index contributed by atoms with van der Waals surface area (Å²) in [5, 5.41) is 2.76. The van der Waals surface area contributed by atoms with Gasteiger partial charge >= 0.3 is 5.97 Å². The topological polar surface area (TPSA) is 55.4 Å². The number of benzene rings is 2. The van der Waals surface area contributed by atoms with E-state index in [4.69, 9.17) is 4.74 Å². The molecule has 2 aromatic rings. The van der Waals surface area contributed by atoms with Gasteiger partial charge in [0, 0.05) is 10.6 Å². The summed E-state index contributed by atoms with van der Waals surface area (Å²) < 4.78 is 5.24. The van der Waals surface area contributed by atoms with Crippen molar-refractivity contribution in [3.8, 4) is 0 Å². The van der Waals surface area contributed by atoms with Crippen LogP contribution in [0.2, 0.25) is 0 Å². The lowest BCUT2D eigenvalue weighted by molar-refractivity contribution is -0.150. The predicted octanol–water partition coefficient (Wildman–Crippen LogP) is 4.53. The van der Waals surface area contributed by atoms with Crippen molar-refractivity contribution in [3.05, 3.63) is 59.2 Å². The molecule has 0 aromatic heterocycles.